The van der Waals surface area contributed by atoms with Gasteiger partial charge in [-0.25, -0.2) is 9.59 Å². The molecule has 1 saturated heterocycles. The van der Waals surface area contributed by atoms with Gasteiger partial charge in [-0.1, -0.05) is 42.5 Å². The first-order chi connectivity index (χ1) is 16.0. The van der Waals surface area contributed by atoms with E-state index in [0.29, 0.717) is 12.8 Å². The van der Waals surface area contributed by atoms with Gasteiger partial charge in [0.05, 0.1) is 11.7 Å². The SMILES string of the molecule is C[C@@H]([C@@H](O)c1ccc(O)cc1)N1CCC(O)(c2ccccc2)CC1.O=C(O)[C@@H](O)[C@H](O)C(=O)O. The number of aromatic hydroxyl groups is 1. The summed E-state index contributed by atoms with van der Waals surface area (Å²) in [4.78, 5) is 21.8. The molecule has 10 nitrogen and oxygen atoms in total. The molecule has 7 N–H and O–H groups in total. The van der Waals surface area contributed by atoms with Gasteiger partial charge in [-0.15, -0.1) is 0 Å². The molecule has 2 aromatic carbocycles. The first-order valence-corrected chi connectivity index (χ1v) is 10.8. The minimum absolute atomic E-state index is 0.0464. The molecule has 0 aliphatic carbocycles. The second-order valence-corrected chi connectivity index (χ2v) is 8.28. The second-order valence-electron chi connectivity index (χ2n) is 8.28. The van der Waals surface area contributed by atoms with Crippen LogP contribution in [0.25, 0.3) is 0 Å². The number of phenolic OH excluding ortho intramolecular Hbond substituents is 1. The van der Waals surface area contributed by atoms with Gasteiger partial charge in [-0.2, -0.15) is 0 Å². The maximum atomic E-state index is 10.9. The highest BCUT2D eigenvalue weighted by Crippen LogP contribution is 2.34. The standard InChI is InChI=1S/C20H25NO3.C4H6O6/c1-15(19(23)16-7-9-18(22)10-8-16)21-13-11-20(24,12-14-21)17-5-3-2-4-6-17;5-1(3(7)8)2(6)4(9)10/h2-10,15,19,22-24H,11-14H2,1H3;1-2,5-6H,(H,7,8)(H,9,10)/t15-,19+;1-,2-/m00/s1. The molecule has 2 aromatic rings. The zero-order valence-corrected chi connectivity index (χ0v) is 18.7. The minimum atomic E-state index is -2.27. The largest absolute Gasteiger partial charge is 0.508 e. The summed E-state index contributed by atoms with van der Waals surface area (Å²) in [5, 5.41) is 63.4. The molecule has 0 spiro atoms. The van der Waals surface area contributed by atoms with Crippen LogP contribution in [0.15, 0.2) is 54.6 Å². The van der Waals surface area contributed by atoms with E-state index in [1.54, 1.807) is 24.3 Å². The highest BCUT2D eigenvalue weighted by Gasteiger charge is 2.36. The van der Waals surface area contributed by atoms with Crippen LogP contribution >= 0.6 is 0 Å². The molecule has 186 valence electrons. The van der Waals surface area contributed by atoms with E-state index in [-0.39, 0.29) is 11.8 Å². The molecule has 1 aliphatic rings. The quantitative estimate of drug-likeness (QED) is 0.300. The maximum absolute atomic E-state index is 10.9. The van der Waals surface area contributed by atoms with Crippen molar-refractivity contribution in [2.24, 2.45) is 0 Å². The molecule has 0 saturated carbocycles. The smallest absolute Gasteiger partial charge is 0.335 e. The lowest BCUT2D eigenvalue weighted by Gasteiger charge is -2.42. The average molecular weight is 478 g/mol. The number of nitrogens with zero attached hydrogens (tertiary/aromatic N) is 1. The van der Waals surface area contributed by atoms with Gasteiger partial charge in [-0.05, 0) is 43.0 Å². The van der Waals surface area contributed by atoms with Crippen molar-refractivity contribution >= 4 is 11.9 Å². The van der Waals surface area contributed by atoms with Crippen molar-refractivity contribution in [1.29, 1.82) is 0 Å². The number of hydrogen-bond donors (Lipinski definition) is 7. The molecule has 0 aromatic heterocycles. The summed E-state index contributed by atoms with van der Waals surface area (Å²) < 4.78 is 0. The van der Waals surface area contributed by atoms with Crippen molar-refractivity contribution < 1.29 is 45.3 Å². The van der Waals surface area contributed by atoms with Crippen molar-refractivity contribution in [3.05, 3.63) is 65.7 Å². The summed E-state index contributed by atoms with van der Waals surface area (Å²) in [5.74, 6) is -3.34. The molecule has 1 aliphatic heterocycles. The number of phenols is 1. The van der Waals surface area contributed by atoms with Gasteiger partial charge >= 0.3 is 11.9 Å². The van der Waals surface area contributed by atoms with Crippen molar-refractivity contribution in [3.63, 3.8) is 0 Å². The summed E-state index contributed by atoms with van der Waals surface area (Å²) in [7, 11) is 0. The first kappa shape index (κ1) is 27.2. The number of rotatable bonds is 7. The zero-order valence-electron chi connectivity index (χ0n) is 18.7. The van der Waals surface area contributed by atoms with Crippen molar-refractivity contribution in [2.75, 3.05) is 13.1 Å². The Morgan fingerprint density at radius 3 is 1.76 bits per heavy atom. The molecule has 1 heterocycles. The minimum Gasteiger partial charge on any atom is -0.508 e. The van der Waals surface area contributed by atoms with Crippen LogP contribution in [0.4, 0.5) is 0 Å². The van der Waals surface area contributed by atoms with Crippen LogP contribution in [0.3, 0.4) is 0 Å². The van der Waals surface area contributed by atoms with Gasteiger partial charge < -0.3 is 35.7 Å². The number of carboxylic acid groups (broad SMARTS) is 2. The summed E-state index contributed by atoms with van der Waals surface area (Å²) in [6, 6.07) is 16.5. The number of aliphatic carboxylic acids is 2. The molecule has 0 unspecified atom stereocenters. The normalized spacial score (nSPS) is 19.1. The number of hydrogen-bond acceptors (Lipinski definition) is 8. The Hall–Kier alpha value is -3.02. The van der Waals surface area contributed by atoms with E-state index < -0.39 is 35.9 Å². The molecule has 0 amide bonds. The molecule has 34 heavy (non-hydrogen) atoms. The monoisotopic (exact) mass is 477 g/mol. The lowest BCUT2D eigenvalue weighted by atomic mass is 9.83. The summed E-state index contributed by atoms with van der Waals surface area (Å²) in [6.07, 6.45) is -3.84. The molecular formula is C24H31NO9. The Balaban J connectivity index is 0.000000347. The highest BCUT2D eigenvalue weighted by molar-refractivity contribution is 5.83. The average Bonchev–Trinajstić information content (AvgIpc) is 2.84. The van der Waals surface area contributed by atoms with Gasteiger partial charge in [0.2, 0.25) is 0 Å². The number of piperidine rings is 1. The van der Waals surface area contributed by atoms with Crippen molar-refractivity contribution in [2.45, 2.75) is 49.7 Å². The number of carboxylic acids is 2. The highest BCUT2D eigenvalue weighted by atomic mass is 16.4. The van der Waals surface area contributed by atoms with Crippen molar-refractivity contribution in [1.82, 2.24) is 4.90 Å². The van der Waals surface area contributed by atoms with Gasteiger partial charge in [-0.3, -0.25) is 4.90 Å². The first-order valence-electron chi connectivity index (χ1n) is 10.8. The lowest BCUT2D eigenvalue weighted by molar-refractivity contribution is -0.165. The number of aliphatic hydroxyl groups is 4. The van der Waals surface area contributed by atoms with E-state index in [1.165, 1.54) is 0 Å². The van der Waals surface area contributed by atoms with Gasteiger partial charge in [0.1, 0.15) is 5.75 Å². The maximum Gasteiger partial charge on any atom is 0.335 e. The Morgan fingerprint density at radius 2 is 1.32 bits per heavy atom. The van der Waals surface area contributed by atoms with Crippen LogP contribution < -0.4 is 0 Å². The van der Waals surface area contributed by atoms with E-state index in [4.69, 9.17) is 20.4 Å². The zero-order chi connectivity index (χ0) is 25.5. The molecular weight excluding hydrogens is 446 g/mol. The fourth-order valence-electron chi connectivity index (χ4n) is 3.76. The summed E-state index contributed by atoms with van der Waals surface area (Å²) in [6.45, 7) is 3.48. The second kappa shape index (κ2) is 11.9. The Morgan fingerprint density at radius 1 is 0.853 bits per heavy atom. The van der Waals surface area contributed by atoms with E-state index in [1.807, 2.05) is 37.3 Å². The van der Waals surface area contributed by atoms with Crippen LogP contribution in [-0.4, -0.2) is 83.9 Å². The fraction of sp³-hybridized carbons (Fsp3) is 0.417. The third kappa shape index (κ3) is 6.99. The molecule has 4 atom stereocenters. The third-order valence-corrected chi connectivity index (χ3v) is 6.01. The van der Waals surface area contributed by atoms with Gasteiger partial charge in [0.15, 0.2) is 12.2 Å². The lowest BCUT2D eigenvalue weighted by Crippen LogP contribution is -2.47. The van der Waals surface area contributed by atoms with Crippen LogP contribution in [0, 0.1) is 0 Å². The Bertz CT molecular complexity index is 909. The molecule has 0 bridgehead atoms. The van der Waals surface area contributed by atoms with Gasteiger partial charge in [0, 0.05) is 19.1 Å². The van der Waals surface area contributed by atoms with Gasteiger partial charge in [0.25, 0.3) is 0 Å². The summed E-state index contributed by atoms with van der Waals surface area (Å²) in [5.41, 5.74) is 0.988. The molecule has 0 radical (unpaired) electrons. The van der Waals surface area contributed by atoms with Crippen LogP contribution in [-0.2, 0) is 15.2 Å². The van der Waals surface area contributed by atoms with E-state index in [2.05, 4.69) is 4.90 Å². The molecule has 1 fully saturated rings. The third-order valence-electron chi connectivity index (χ3n) is 6.01. The van der Waals surface area contributed by atoms with E-state index >= 15 is 0 Å². The predicted octanol–water partition coefficient (Wildman–Crippen LogP) is 0.675. The molecule has 3 rings (SSSR count). The number of carbonyl (C=O) groups is 2. The topological polar surface area (TPSA) is 179 Å². The number of benzene rings is 2. The van der Waals surface area contributed by atoms with Crippen molar-refractivity contribution in [3.8, 4) is 5.75 Å². The number of aliphatic hydroxyl groups excluding tert-OH is 3. The Kier molecular flexibility index (Phi) is 9.54. The van der Waals surface area contributed by atoms with E-state index in [0.717, 1.165) is 24.2 Å². The van der Waals surface area contributed by atoms with Crippen LogP contribution in [0.2, 0.25) is 0 Å². The Labute approximate surface area is 197 Å². The summed E-state index contributed by atoms with van der Waals surface area (Å²) >= 11 is 0. The molecule has 10 heteroatoms. The van der Waals surface area contributed by atoms with E-state index in [9.17, 15) is 24.9 Å². The van der Waals surface area contributed by atoms with Crippen LogP contribution in [0.1, 0.15) is 37.0 Å². The predicted molar refractivity (Wildman–Crippen MR) is 121 cm³/mol. The number of likely N-dealkylation sites (tertiary alicyclic amines) is 1. The fourth-order valence-corrected chi connectivity index (χ4v) is 3.76. The van der Waals surface area contributed by atoms with Crippen LogP contribution in [0.5, 0.6) is 5.75 Å².